The van der Waals surface area contributed by atoms with Gasteiger partial charge in [0.2, 0.25) is 0 Å². The van der Waals surface area contributed by atoms with E-state index < -0.39 is 12.2 Å². The molecule has 2 aromatic rings. The molecule has 5 heteroatoms. The summed E-state index contributed by atoms with van der Waals surface area (Å²) < 4.78 is 11.3. The number of benzene rings is 2. The first-order valence-corrected chi connectivity index (χ1v) is 9.31. The van der Waals surface area contributed by atoms with Crippen LogP contribution in [0.5, 0.6) is 11.5 Å². The Hall–Kier alpha value is -2.08. The number of aliphatic hydroxyl groups excluding tert-OH is 3. The van der Waals surface area contributed by atoms with Gasteiger partial charge >= 0.3 is 0 Å². The Morgan fingerprint density at radius 3 is 2.15 bits per heavy atom. The van der Waals surface area contributed by atoms with E-state index in [1.807, 2.05) is 55.5 Å². The molecule has 148 valence electrons. The molecular formula is C22H30O5. The number of rotatable bonds is 10. The van der Waals surface area contributed by atoms with Gasteiger partial charge in [-0.1, -0.05) is 51.1 Å². The van der Waals surface area contributed by atoms with Gasteiger partial charge in [0.25, 0.3) is 0 Å². The summed E-state index contributed by atoms with van der Waals surface area (Å²) in [5, 5.41) is 28.2. The summed E-state index contributed by atoms with van der Waals surface area (Å²) in [5.74, 6) is 1.40. The lowest BCUT2D eigenvalue weighted by atomic mass is 9.77. The molecule has 2 aromatic carbocycles. The standard InChI is InChI=1S/C22H30O5/c1-4-17(24)14-26-19-11-9-16(10-12-19)22(2,3)20-7-5-6-8-21(20)27-15-18(25)13-23/h5-12,17-18,23-25H,4,13-15H2,1-3H3. The van der Waals surface area contributed by atoms with Gasteiger partial charge in [0.05, 0.1) is 12.7 Å². The van der Waals surface area contributed by atoms with Gasteiger partial charge in [-0.3, -0.25) is 0 Å². The van der Waals surface area contributed by atoms with Gasteiger partial charge in [0.15, 0.2) is 0 Å². The fraction of sp³-hybridized carbons (Fsp3) is 0.455. The van der Waals surface area contributed by atoms with Crippen molar-refractivity contribution in [3.05, 3.63) is 59.7 Å². The molecule has 0 heterocycles. The molecule has 0 saturated heterocycles. The molecule has 0 aliphatic rings. The topological polar surface area (TPSA) is 79.2 Å². The number of aliphatic hydroxyl groups is 3. The average molecular weight is 374 g/mol. The van der Waals surface area contributed by atoms with Gasteiger partial charge in [-0.05, 0) is 30.2 Å². The Balaban J connectivity index is 2.18. The molecule has 2 atom stereocenters. The van der Waals surface area contributed by atoms with Crippen LogP contribution in [0.25, 0.3) is 0 Å². The fourth-order valence-corrected chi connectivity index (χ4v) is 2.78. The summed E-state index contributed by atoms with van der Waals surface area (Å²) in [7, 11) is 0. The summed E-state index contributed by atoms with van der Waals surface area (Å²) in [6, 6.07) is 15.5. The highest BCUT2D eigenvalue weighted by molar-refractivity contribution is 5.46. The largest absolute Gasteiger partial charge is 0.491 e. The third-order valence-electron chi connectivity index (χ3n) is 4.69. The Bertz CT molecular complexity index is 696. The molecule has 27 heavy (non-hydrogen) atoms. The van der Waals surface area contributed by atoms with Crippen LogP contribution in [0.2, 0.25) is 0 Å². The van der Waals surface area contributed by atoms with E-state index in [0.717, 1.165) is 16.9 Å². The summed E-state index contributed by atoms with van der Waals surface area (Å²) in [5.41, 5.74) is 1.75. The molecule has 2 rings (SSSR count). The van der Waals surface area contributed by atoms with E-state index >= 15 is 0 Å². The highest BCUT2D eigenvalue weighted by atomic mass is 16.5. The molecule has 0 saturated carbocycles. The summed E-state index contributed by atoms with van der Waals surface area (Å²) in [6.45, 7) is 6.11. The van der Waals surface area contributed by atoms with E-state index in [1.165, 1.54) is 0 Å². The molecule has 0 spiro atoms. The van der Waals surface area contributed by atoms with Crippen LogP contribution in [0, 0.1) is 0 Å². The zero-order chi connectivity index (χ0) is 19.9. The fourth-order valence-electron chi connectivity index (χ4n) is 2.78. The molecule has 0 fully saturated rings. The van der Waals surface area contributed by atoms with Crippen molar-refractivity contribution < 1.29 is 24.8 Å². The number of hydrogen-bond donors (Lipinski definition) is 3. The first-order valence-electron chi connectivity index (χ1n) is 9.31. The Labute approximate surface area is 161 Å². The highest BCUT2D eigenvalue weighted by Gasteiger charge is 2.26. The summed E-state index contributed by atoms with van der Waals surface area (Å²) >= 11 is 0. The van der Waals surface area contributed by atoms with Gasteiger partial charge in [-0.15, -0.1) is 0 Å². The maximum Gasteiger partial charge on any atom is 0.123 e. The van der Waals surface area contributed by atoms with Crippen molar-refractivity contribution in [2.45, 2.75) is 44.8 Å². The van der Waals surface area contributed by atoms with Crippen LogP contribution in [0.3, 0.4) is 0 Å². The van der Waals surface area contributed by atoms with Crippen molar-refractivity contribution in [2.75, 3.05) is 19.8 Å². The molecule has 0 aliphatic carbocycles. The molecule has 0 aliphatic heterocycles. The quantitative estimate of drug-likeness (QED) is 0.596. The zero-order valence-corrected chi connectivity index (χ0v) is 16.3. The van der Waals surface area contributed by atoms with Gasteiger partial charge in [-0.2, -0.15) is 0 Å². The molecule has 3 N–H and O–H groups in total. The second-order valence-electron chi connectivity index (χ2n) is 7.17. The third-order valence-corrected chi connectivity index (χ3v) is 4.69. The van der Waals surface area contributed by atoms with Crippen LogP contribution < -0.4 is 9.47 Å². The Morgan fingerprint density at radius 2 is 1.52 bits per heavy atom. The smallest absolute Gasteiger partial charge is 0.123 e. The van der Waals surface area contributed by atoms with Crippen LogP contribution in [0.4, 0.5) is 0 Å². The third kappa shape index (κ3) is 5.70. The Kier molecular flexibility index (Phi) is 7.66. The van der Waals surface area contributed by atoms with Crippen molar-refractivity contribution >= 4 is 0 Å². The lowest BCUT2D eigenvalue weighted by molar-refractivity contribution is 0.0530. The minimum absolute atomic E-state index is 0.0378. The van der Waals surface area contributed by atoms with E-state index in [1.54, 1.807) is 0 Å². The van der Waals surface area contributed by atoms with Crippen molar-refractivity contribution in [3.63, 3.8) is 0 Å². The van der Waals surface area contributed by atoms with Crippen LogP contribution >= 0.6 is 0 Å². The minimum Gasteiger partial charge on any atom is -0.491 e. The van der Waals surface area contributed by atoms with E-state index in [-0.39, 0.29) is 25.2 Å². The van der Waals surface area contributed by atoms with Gasteiger partial charge in [0, 0.05) is 11.0 Å². The van der Waals surface area contributed by atoms with Crippen molar-refractivity contribution in [2.24, 2.45) is 0 Å². The Morgan fingerprint density at radius 1 is 0.889 bits per heavy atom. The van der Waals surface area contributed by atoms with Crippen LogP contribution in [-0.2, 0) is 5.41 Å². The predicted molar refractivity (Wildman–Crippen MR) is 105 cm³/mol. The number of hydrogen-bond acceptors (Lipinski definition) is 5. The van der Waals surface area contributed by atoms with E-state index in [4.69, 9.17) is 14.6 Å². The highest BCUT2D eigenvalue weighted by Crippen LogP contribution is 2.37. The van der Waals surface area contributed by atoms with Crippen LogP contribution in [0.15, 0.2) is 48.5 Å². The maximum atomic E-state index is 9.62. The van der Waals surface area contributed by atoms with Gasteiger partial charge in [0.1, 0.15) is 30.8 Å². The van der Waals surface area contributed by atoms with Gasteiger partial charge < -0.3 is 24.8 Å². The molecule has 0 bridgehead atoms. The van der Waals surface area contributed by atoms with Crippen molar-refractivity contribution in [3.8, 4) is 11.5 Å². The van der Waals surface area contributed by atoms with Crippen LogP contribution in [0.1, 0.15) is 38.3 Å². The summed E-state index contributed by atoms with van der Waals surface area (Å²) in [6.07, 6.45) is -0.706. The van der Waals surface area contributed by atoms with Gasteiger partial charge in [-0.25, -0.2) is 0 Å². The molecular weight excluding hydrogens is 344 g/mol. The first kappa shape index (κ1) is 21.2. The first-order chi connectivity index (χ1) is 12.9. The SMILES string of the molecule is CCC(O)COc1ccc(C(C)(C)c2ccccc2OCC(O)CO)cc1. The van der Waals surface area contributed by atoms with Crippen molar-refractivity contribution in [1.29, 1.82) is 0 Å². The summed E-state index contributed by atoms with van der Waals surface area (Å²) in [4.78, 5) is 0. The average Bonchev–Trinajstić information content (AvgIpc) is 2.70. The monoisotopic (exact) mass is 374 g/mol. The zero-order valence-electron chi connectivity index (χ0n) is 16.3. The number of para-hydroxylation sites is 1. The molecule has 0 amide bonds. The van der Waals surface area contributed by atoms with E-state index in [9.17, 15) is 10.2 Å². The lowest BCUT2D eigenvalue weighted by Crippen LogP contribution is -2.24. The minimum atomic E-state index is -0.906. The lowest BCUT2D eigenvalue weighted by Gasteiger charge is -2.28. The normalized spacial score (nSPS) is 13.9. The second-order valence-corrected chi connectivity index (χ2v) is 7.17. The van der Waals surface area contributed by atoms with E-state index in [2.05, 4.69) is 13.8 Å². The second kappa shape index (κ2) is 9.74. The molecule has 2 unspecified atom stereocenters. The van der Waals surface area contributed by atoms with Crippen LogP contribution in [-0.4, -0.2) is 47.3 Å². The predicted octanol–water partition coefficient (Wildman–Crippen LogP) is 2.89. The van der Waals surface area contributed by atoms with Crippen molar-refractivity contribution in [1.82, 2.24) is 0 Å². The number of ether oxygens (including phenoxy) is 2. The maximum absolute atomic E-state index is 9.62. The molecule has 5 nitrogen and oxygen atoms in total. The van der Waals surface area contributed by atoms with E-state index in [0.29, 0.717) is 12.2 Å². The molecule has 0 aromatic heterocycles. The molecule has 0 radical (unpaired) electrons.